The van der Waals surface area contributed by atoms with E-state index in [0.717, 1.165) is 0 Å². The molecule has 0 aromatic heterocycles. The number of benzene rings is 1. The summed E-state index contributed by atoms with van der Waals surface area (Å²) in [6.07, 6.45) is -0.151. The molecule has 19 heavy (non-hydrogen) atoms. The lowest BCUT2D eigenvalue weighted by Crippen LogP contribution is -2.42. The van der Waals surface area contributed by atoms with Crippen LogP contribution in [0.25, 0.3) is 0 Å². The second kappa shape index (κ2) is 6.72. The Balaban J connectivity index is 2.50. The molecule has 1 rings (SSSR count). The first kappa shape index (κ1) is 14.9. The van der Waals surface area contributed by atoms with Crippen LogP contribution < -0.4 is 10.6 Å². The van der Waals surface area contributed by atoms with E-state index < -0.39 is 18.0 Å². The summed E-state index contributed by atoms with van der Waals surface area (Å²) in [5.41, 5.74) is 0.640. The number of carbonyl (C=O) groups excluding carboxylic acids is 1. The summed E-state index contributed by atoms with van der Waals surface area (Å²) < 4.78 is 13.0. The maximum Gasteiger partial charge on any atom is 0.315 e. The third-order valence-corrected chi connectivity index (χ3v) is 2.55. The molecule has 6 heteroatoms. The van der Waals surface area contributed by atoms with Crippen molar-refractivity contribution in [2.45, 2.75) is 32.4 Å². The lowest BCUT2D eigenvalue weighted by atomic mass is 10.1. The topological polar surface area (TPSA) is 78.4 Å². The summed E-state index contributed by atoms with van der Waals surface area (Å²) in [5, 5.41) is 13.7. The third-order valence-electron chi connectivity index (χ3n) is 2.55. The standard InChI is InChI=1S/C13H17FN2O3/c1-8(6-12(17)18)15-13(19)16-9(2)10-4-3-5-11(14)7-10/h3-5,7-9H,6H2,1-2H3,(H,17,18)(H2,15,16,19). The van der Waals surface area contributed by atoms with Crippen LogP contribution >= 0.6 is 0 Å². The summed E-state index contributed by atoms with van der Waals surface area (Å²) in [6, 6.07) is 4.61. The summed E-state index contributed by atoms with van der Waals surface area (Å²) in [7, 11) is 0. The molecule has 0 fully saturated rings. The van der Waals surface area contributed by atoms with Crippen molar-refractivity contribution in [2.24, 2.45) is 0 Å². The van der Waals surface area contributed by atoms with E-state index in [0.29, 0.717) is 5.56 Å². The number of urea groups is 1. The van der Waals surface area contributed by atoms with Gasteiger partial charge in [-0.05, 0) is 31.5 Å². The normalized spacial score (nSPS) is 13.4. The fraction of sp³-hybridized carbons (Fsp3) is 0.385. The quantitative estimate of drug-likeness (QED) is 0.764. The van der Waals surface area contributed by atoms with Gasteiger partial charge in [-0.1, -0.05) is 12.1 Å². The number of amides is 2. The van der Waals surface area contributed by atoms with Crippen molar-refractivity contribution >= 4 is 12.0 Å². The molecule has 0 spiro atoms. The second-order valence-corrected chi connectivity index (χ2v) is 4.39. The Morgan fingerprint density at radius 3 is 2.58 bits per heavy atom. The Hall–Kier alpha value is -2.11. The maximum atomic E-state index is 13.0. The van der Waals surface area contributed by atoms with Crippen LogP contribution in [0.2, 0.25) is 0 Å². The molecule has 2 atom stereocenters. The zero-order valence-corrected chi connectivity index (χ0v) is 10.8. The van der Waals surface area contributed by atoms with E-state index in [2.05, 4.69) is 10.6 Å². The highest BCUT2D eigenvalue weighted by molar-refractivity contribution is 5.76. The van der Waals surface area contributed by atoms with Crippen molar-refractivity contribution in [2.75, 3.05) is 0 Å². The minimum absolute atomic E-state index is 0.151. The fourth-order valence-corrected chi connectivity index (χ4v) is 1.63. The third kappa shape index (κ3) is 5.37. The van der Waals surface area contributed by atoms with E-state index in [1.54, 1.807) is 26.0 Å². The van der Waals surface area contributed by atoms with Crippen LogP contribution in [0, 0.1) is 5.82 Å². The monoisotopic (exact) mass is 268 g/mol. The molecule has 0 radical (unpaired) electrons. The number of carboxylic acids is 1. The van der Waals surface area contributed by atoms with Crippen LogP contribution in [0.3, 0.4) is 0 Å². The molecule has 3 N–H and O–H groups in total. The van der Waals surface area contributed by atoms with Gasteiger partial charge in [0.15, 0.2) is 0 Å². The molecule has 2 amide bonds. The van der Waals surface area contributed by atoms with Crippen molar-refractivity contribution in [1.29, 1.82) is 0 Å². The molecule has 0 saturated carbocycles. The van der Waals surface area contributed by atoms with Gasteiger partial charge < -0.3 is 15.7 Å². The Labute approximate surface area is 110 Å². The zero-order valence-electron chi connectivity index (χ0n) is 10.8. The molecule has 104 valence electrons. The molecule has 0 aliphatic carbocycles. The largest absolute Gasteiger partial charge is 0.481 e. The van der Waals surface area contributed by atoms with Gasteiger partial charge in [-0.2, -0.15) is 0 Å². The van der Waals surface area contributed by atoms with Gasteiger partial charge in [0.25, 0.3) is 0 Å². The van der Waals surface area contributed by atoms with Gasteiger partial charge in [-0.3, -0.25) is 4.79 Å². The molecule has 0 heterocycles. The van der Waals surface area contributed by atoms with E-state index >= 15 is 0 Å². The van der Waals surface area contributed by atoms with Crippen molar-refractivity contribution < 1.29 is 19.1 Å². The molecule has 0 aliphatic rings. The maximum absolute atomic E-state index is 13.0. The number of hydrogen-bond donors (Lipinski definition) is 3. The highest BCUT2D eigenvalue weighted by atomic mass is 19.1. The minimum atomic E-state index is -0.981. The van der Waals surface area contributed by atoms with Crippen LogP contribution in [0.5, 0.6) is 0 Å². The summed E-state index contributed by atoms with van der Waals surface area (Å²) >= 11 is 0. The number of rotatable bonds is 5. The van der Waals surface area contributed by atoms with Crippen molar-refractivity contribution in [3.63, 3.8) is 0 Å². The molecular weight excluding hydrogens is 251 g/mol. The fourth-order valence-electron chi connectivity index (χ4n) is 1.63. The highest BCUT2D eigenvalue weighted by Crippen LogP contribution is 2.13. The summed E-state index contributed by atoms with van der Waals surface area (Å²) in [6.45, 7) is 3.32. The predicted octanol–water partition coefficient (Wildman–Crippen LogP) is 2.05. The number of nitrogens with one attached hydrogen (secondary N) is 2. The Morgan fingerprint density at radius 2 is 2.00 bits per heavy atom. The van der Waals surface area contributed by atoms with E-state index in [-0.39, 0.29) is 18.3 Å². The number of hydrogen-bond acceptors (Lipinski definition) is 2. The second-order valence-electron chi connectivity index (χ2n) is 4.39. The molecular formula is C13H17FN2O3. The van der Waals surface area contributed by atoms with Crippen molar-refractivity contribution in [3.8, 4) is 0 Å². The van der Waals surface area contributed by atoms with Gasteiger partial charge in [-0.15, -0.1) is 0 Å². The van der Waals surface area contributed by atoms with E-state index in [1.165, 1.54) is 12.1 Å². The van der Waals surface area contributed by atoms with Gasteiger partial charge >= 0.3 is 12.0 Å². The molecule has 0 aliphatic heterocycles. The van der Waals surface area contributed by atoms with Crippen molar-refractivity contribution in [1.82, 2.24) is 10.6 Å². The Morgan fingerprint density at radius 1 is 1.32 bits per heavy atom. The van der Waals surface area contributed by atoms with Crippen LogP contribution in [0.1, 0.15) is 31.9 Å². The first-order valence-corrected chi connectivity index (χ1v) is 5.92. The van der Waals surface area contributed by atoms with E-state index in [9.17, 15) is 14.0 Å². The van der Waals surface area contributed by atoms with Crippen molar-refractivity contribution in [3.05, 3.63) is 35.6 Å². The molecule has 0 bridgehead atoms. The number of halogens is 1. The van der Waals surface area contributed by atoms with Gasteiger partial charge in [0, 0.05) is 6.04 Å². The smallest absolute Gasteiger partial charge is 0.315 e. The van der Waals surface area contributed by atoms with Gasteiger partial charge in [-0.25, -0.2) is 9.18 Å². The first-order valence-electron chi connectivity index (χ1n) is 5.92. The number of aliphatic carboxylic acids is 1. The number of carboxylic acid groups (broad SMARTS) is 1. The molecule has 2 unspecified atom stereocenters. The average Bonchev–Trinajstić information content (AvgIpc) is 2.27. The SMILES string of the molecule is CC(CC(=O)O)NC(=O)NC(C)c1cccc(F)c1. The zero-order chi connectivity index (χ0) is 14.4. The molecule has 0 saturated heterocycles. The Bertz CT molecular complexity index is 465. The Kier molecular flexibility index (Phi) is 5.29. The van der Waals surface area contributed by atoms with E-state index in [4.69, 9.17) is 5.11 Å². The van der Waals surface area contributed by atoms with Gasteiger partial charge in [0.2, 0.25) is 0 Å². The molecule has 1 aromatic rings. The minimum Gasteiger partial charge on any atom is -0.481 e. The highest BCUT2D eigenvalue weighted by Gasteiger charge is 2.13. The molecule has 5 nitrogen and oxygen atoms in total. The van der Waals surface area contributed by atoms with Gasteiger partial charge in [0.05, 0.1) is 12.5 Å². The van der Waals surface area contributed by atoms with Crippen LogP contribution in [0.15, 0.2) is 24.3 Å². The van der Waals surface area contributed by atoms with Crippen LogP contribution in [-0.4, -0.2) is 23.1 Å². The van der Waals surface area contributed by atoms with Crippen LogP contribution in [-0.2, 0) is 4.79 Å². The predicted molar refractivity (Wildman–Crippen MR) is 68.2 cm³/mol. The summed E-state index contributed by atoms with van der Waals surface area (Å²) in [5.74, 6) is -1.35. The number of carbonyl (C=O) groups is 2. The average molecular weight is 268 g/mol. The lowest BCUT2D eigenvalue weighted by Gasteiger charge is -2.17. The van der Waals surface area contributed by atoms with E-state index in [1.807, 2.05) is 0 Å². The first-order chi connectivity index (χ1) is 8.88. The lowest BCUT2D eigenvalue weighted by molar-refractivity contribution is -0.137. The van der Waals surface area contributed by atoms with Gasteiger partial charge in [0.1, 0.15) is 5.82 Å². The molecule has 1 aromatic carbocycles. The van der Waals surface area contributed by atoms with Crippen LogP contribution in [0.4, 0.5) is 9.18 Å². The summed E-state index contributed by atoms with van der Waals surface area (Å²) in [4.78, 5) is 22.1.